The molecule has 0 fully saturated rings. The lowest BCUT2D eigenvalue weighted by Gasteiger charge is -2.10. The number of fused-ring (bicyclic) bond motifs is 1. The third kappa shape index (κ3) is 4.76. The number of pyridine rings is 1. The lowest BCUT2D eigenvalue weighted by Crippen LogP contribution is -2.30. The standard InChI is InChI=1S/C22H24N2O4/c1-14(2)10-11-23-21(25)13-27-22(26)17-12-19(20-9-8-15(3)28-20)24-18-7-5-4-6-16(17)18/h4-9,12,14H,10-11,13H2,1-3H3,(H,23,25). The van der Waals surface area contributed by atoms with Gasteiger partial charge in [0.2, 0.25) is 0 Å². The number of aromatic nitrogens is 1. The quantitative estimate of drug-likeness (QED) is 0.624. The summed E-state index contributed by atoms with van der Waals surface area (Å²) < 4.78 is 10.9. The molecule has 3 aromatic rings. The maximum Gasteiger partial charge on any atom is 0.339 e. The molecule has 28 heavy (non-hydrogen) atoms. The second kappa shape index (κ2) is 8.69. The molecule has 1 amide bonds. The van der Waals surface area contributed by atoms with Gasteiger partial charge in [0, 0.05) is 11.9 Å². The van der Waals surface area contributed by atoms with Gasteiger partial charge in [-0.1, -0.05) is 32.0 Å². The zero-order chi connectivity index (χ0) is 20.1. The zero-order valence-electron chi connectivity index (χ0n) is 16.3. The van der Waals surface area contributed by atoms with Crippen molar-refractivity contribution in [2.75, 3.05) is 13.2 Å². The van der Waals surface area contributed by atoms with Gasteiger partial charge in [0.05, 0.1) is 11.1 Å². The van der Waals surface area contributed by atoms with Gasteiger partial charge < -0.3 is 14.5 Å². The van der Waals surface area contributed by atoms with Crippen LogP contribution in [-0.4, -0.2) is 30.0 Å². The molecule has 3 rings (SSSR count). The van der Waals surface area contributed by atoms with Crippen molar-refractivity contribution in [3.63, 3.8) is 0 Å². The first kappa shape index (κ1) is 19.6. The van der Waals surface area contributed by atoms with Crippen molar-refractivity contribution in [1.82, 2.24) is 10.3 Å². The fraction of sp³-hybridized carbons (Fsp3) is 0.318. The summed E-state index contributed by atoms with van der Waals surface area (Å²) in [5, 5.41) is 3.42. The van der Waals surface area contributed by atoms with Crippen molar-refractivity contribution in [1.29, 1.82) is 0 Å². The van der Waals surface area contributed by atoms with Crippen molar-refractivity contribution >= 4 is 22.8 Å². The summed E-state index contributed by atoms with van der Waals surface area (Å²) in [6.07, 6.45) is 0.876. The van der Waals surface area contributed by atoms with E-state index >= 15 is 0 Å². The van der Waals surface area contributed by atoms with E-state index in [1.807, 2.05) is 37.3 Å². The monoisotopic (exact) mass is 380 g/mol. The topological polar surface area (TPSA) is 81.4 Å². The van der Waals surface area contributed by atoms with E-state index in [9.17, 15) is 9.59 Å². The lowest BCUT2D eigenvalue weighted by molar-refractivity contribution is -0.124. The SMILES string of the molecule is Cc1ccc(-c2cc(C(=O)OCC(=O)NCCC(C)C)c3ccccc3n2)o1. The number of rotatable bonds is 7. The molecular formula is C22H24N2O4. The van der Waals surface area contributed by atoms with Crippen molar-refractivity contribution < 1.29 is 18.7 Å². The summed E-state index contributed by atoms with van der Waals surface area (Å²) in [7, 11) is 0. The highest BCUT2D eigenvalue weighted by Crippen LogP contribution is 2.26. The normalized spacial score (nSPS) is 11.0. The van der Waals surface area contributed by atoms with Gasteiger partial charge in [-0.05, 0) is 43.5 Å². The molecule has 0 saturated carbocycles. The summed E-state index contributed by atoms with van der Waals surface area (Å²) in [5.74, 6) is 0.946. The van der Waals surface area contributed by atoms with Crippen LogP contribution in [0.25, 0.3) is 22.4 Å². The molecule has 0 radical (unpaired) electrons. The first-order valence-corrected chi connectivity index (χ1v) is 9.34. The molecule has 1 aromatic carbocycles. The number of ether oxygens (including phenoxy) is 1. The number of para-hydroxylation sites is 1. The Bertz CT molecular complexity index is 991. The van der Waals surface area contributed by atoms with Gasteiger partial charge in [0.1, 0.15) is 11.5 Å². The summed E-state index contributed by atoms with van der Waals surface area (Å²) in [5.41, 5.74) is 1.55. The van der Waals surface area contributed by atoms with Crippen molar-refractivity contribution in [2.24, 2.45) is 5.92 Å². The number of carbonyl (C=O) groups is 2. The molecule has 6 nitrogen and oxygen atoms in total. The molecule has 0 bridgehead atoms. The van der Waals surface area contributed by atoms with Gasteiger partial charge in [-0.25, -0.2) is 9.78 Å². The Morgan fingerprint density at radius 3 is 2.68 bits per heavy atom. The summed E-state index contributed by atoms with van der Waals surface area (Å²) in [6, 6.07) is 12.6. The molecule has 1 N–H and O–H groups in total. The van der Waals surface area contributed by atoms with Gasteiger partial charge in [-0.15, -0.1) is 0 Å². The maximum absolute atomic E-state index is 12.7. The van der Waals surface area contributed by atoms with Crippen LogP contribution < -0.4 is 5.32 Å². The number of nitrogens with one attached hydrogen (secondary N) is 1. The Hall–Kier alpha value is -3.15. The number of amides is 1. The highest BCUT2D eigenvalue weighted by Gasteiger charge is 2.17. The number of furan rings is 1. The molecule has 0 spiro atoms. The van der Waals surface area contributed by atoms with E-state index in [1.54, 1.807) is 12.1 Å². The van der Waals surface area contributed by atoms with Crippen LogP contribution >= 0.6 is 0 Å². The smallest absolute Gasteiger partial charge is 0.339 e. The summed E-state index contributed by atoms with van der Waals surface area (Å²) in [4.78, 5) is 29.1. The van der Waals surface area contributed by atoms with E-state index in [-0.39, 0.29) is 12.5 Å². The predicted molar refractivity (Wildman–Crippen MR) is 107 cm³/mol. The lowest BCUT2D eigenvalue weighted by atomic mass is 10.1. The van der Waals surface area contributed by atoms with Crippen molar-refractivity contribution in [3.8, 4) is 11.5 Å². The second-order valence-corrected chi connectivity index (χ2v) is 7.09. The molecule has 0 unspecified atom stereocenters. The van der Waals surface area contributed by atoms with Crippen LogP contribution in [-0.2, 0) is 9.53 Å². The number of aryl methyl sites for hydroxylation is 1. The van der Waals surface area contributed by atoms with Gasteiger partial charge in [0.25, 0.3) is 5.91 Å². The Balaban J connectivity index is 1.79. The minimum absolute atomic E-state index is 0.311. The number of hydrogen-bond donors (Lipinski definition) is 1. The number of benzene rings is 1. The molecule has 2 aromatic heterocycles. The van der Waals surface area contributed by atoms with Crippen LogP contribution in [0.15, 0.2) is 46.9 Å². The van der Waals surface area contributed by atoms with Crippen LogP contribution in [0, 0.1) is 12.8 Å². The van der Waals surface area contributed by atoms with E-state index in [4.69, 9.17) is 9.15 Å². The molecule has 0 aliphatic rings. The first-order valence-electron chi connectivity index (χ1n) is 9.34. The van der Waals surface area contributed by atoms with E-state index in [2.05, 4.69) is 24.1 Å². The minimum atomic E-state index is -0.567. The molecule has 0 saturated heterocycles. The first-order chi connectivity index (χ1) is 13.4. The largest absolute Gasteiger partial charge is 0.460 e. The summed E-state index contributed by atoms with van der Waals surface area (Å²) in [6.45, 7) is 6.26. The Morgan fingerprint density at radius 2 is 1.96 bits per heavy atom. The van der Waals surface area contributed by atoms with Crippen LogP contribution in [0.4, 0.5) is 0 Å². The van der Waals surface area contributed by atoms with Gasteiger partial charge in [-0.2, -0.15) is 0 Å². The van der Waals surface area contributed by atoms with Crippen LogP contribution in [0.5, 0.6) is 0 Å². The Labute approximate surface area is 163 Å². The third-order valence-electron chi connectivity index (χ3n) is 4.31. The van der Waals surface area contributed by atoms with Gasteiger partial charge in [-0.3, -0.25) is 4.79 Å². The van der Waals surface area contributed by atoms with E-state index in [1.165, 1.54) is 0 Å². The fourth-order valence-electron chi connectivity index (χ4n) is 2.80. The highest BCUT2D eigenvalue weighted by atomic mass is 16.5. The van der Waals surface area contributed by atoms with Crippen LogP contribution in [0.3, 0.4) is 0 Å². The number of nitrogens with zero attached hydrogens (tertiary/aromatic N) is 1. The fourth-order valence-corrected chi connectivity index (χ4v) is 2.80. The predicted octanol–water partition coefficient (Wildman–Crippen LogP) is 4.12. The van der Waals surface area contributed by atoms with Crippen LogP contribution in [0.2, 0.25) is 0 Å². The Morgan fingerprint density at radius 1 is 1.18 bits per heavy atom. The average molecular weight is 380 g/mol. The van der Waals surface area contributed by atoms with E-state index in [0.717, 1.165) is 12.2 Å². The Kier molecular flexibility index (Phi) is 6.09. The van der Waals surface area contributed by atoms with Crippen molar-refractivity contribution in [2.45, 2.75) is 27.2 Å². The average Bonchev–Trinajstić information content (AvgIpc) is 3.11. The van der Waals surface area contributed by atoms with E-state index < -0.39 is 5.97 Å². The molecular weight excluding hydrogens is 356 g/mol. The van der Waals surface area contributed by atoms with Gasteiger partial charge >= 0.3 is 5.97 Å². The molecule has 0 aliphatic carbocycles. The maximum atomic E-state index is 12.7. The van der Waals surface area contributed by atoms with Gasteiger partial charge in [0.15, 0.2) is 12.4 Å². The molecule has 146 valence electrons. The second-order valence-electron chi connectivity index (χ2n) is 7.09. The highest BCUT2D eigenvalue weighted by molar-refractivity contribution is 6.05. The molecule has 6 heteroatoms. The third-order valence-corrected chi connectivity index (χ3v) is 4.31. The molecule has 0 aliphatic heterocycles. The molecule has 2 heterocycles. The minimum Gasteiger partial charge on any atom is -0.460 e. The number of carbonyl (C=O) groups excluding carboxylic acids is 2. The number of hydrogen-bond acceptors (Lipinski definition) is 5. The molecule has 0 atom stereocenters. The zero-order valence-corrected chi connectivity index (χ0v) is 16.3. The van der Waals surface area contributed by atoms with E-state index in [0.29, 0.717) is 40.4 Å². The van der Waals surface area contributed by atoms with Crippen molar-refractivity contribution in [3.05, 3.63) is 53.8 Å². The van der Waals surface area contributed by atoms with Crippen LogP contribution in [0.1, 0.15) is 36.4 Å². The number of esters is 1. The summed E-state index contributed by atoms with van der Waals surface area (Å²) >= 11 is 0.